The lowest BCUT2D eigenvalue weighted by molar-refractivity contribution is -0.195. The molecular weight excluding hydrogens is 1260 g/mol. The van der Waals surface area contributed by atoms with Crippen LogP contribution >= 0.6 is 45.2 Å². The minimum Gasteiger partial charge on any atom is -0.507 e. The molecule has 18 heteroatoms. The minimum atomic E-state index is -2.08. The first-order chi connectivity index (χ1) is 35.9. The van der Waals surface area contributed by atoms with Gasteiger partial charge in [0.15, 0.2) is 16.6 Å². The molecule has 79 heavy (non-hydrogen) atoms. The average Bonchev–Trinajstić information content (AvgIpc) is 4.06. The number of esters is 1. The third-order valence-electron chi connectivity index (χ3n) is 21.4. The van der Waals surface area contributed by atoms with E-state index in [-0.39, 0.29) is 71.6 Å². The van der Waals surface area contributed by atoms with Crippen molar-refractivity contribution in [2.75, 3.05) is 13.2 Å². The topological polar surface area (TPSA) is 186 Å². The van der Waals surface area contributed by atoms with Gasteiger partial charge in [-0.2, -0.15) is 10.1 Å². The van der Waals surface area contributed by atoms with Crippen LogP contribution in [-0.4, -0.2) is 116 Å². The predicted octanol–water partition coefficient (Wildman–Crippen LogP) is 12.4. The molecular formula is C61H102I2N4O10Si2. The average molecular weight is 1360 g/mol. The van der Waals surface area contributed by atoms with Gasteiger partial charge in [0.1, 0.15) is 41.9 Å². The molecule has 3 heterocycles. The summed E-state index contributed by atoms with van der Waals surface area (Å²) < 4.78 is 19.9. The smallest absolute Gasteiger partial charge is 0.326 e. The van der Waals surface area contributed by atoms with Gasteiger partial charge in [-0.3, -0.25) is 19.3 Å². The van der Waals surface area contributed by atoms with E-state index in [1.165, 1.54) is 19.3 Å². The Morgan fingerprint density at radius 2 is 1.23 bits per heavy atom. The summed E-state index contributed by atoms with van der Waals surface area (Å²) >= 11 is 4.20. The Bertz CT molecular complexity index is 2450. The summed E-state index contributed by atoms with van der Waals surface area (Å²) in [6, 6.07) is 10.6. The van der Waals surface area contributed by atoms with Crippen molar-refractivity contribution >= 4 is 73.7 Å². The first-order valence-electron chi connectivity index (χ1n) is 28.9. The second-order valence-corrected chi connectivity index (χ2v) is 40.6. The molecule has 2 aromatic carbocycles. The molecule has 0 aromatic heterocycles. The van der Waals surface area contributed by atoms with Crippen LogP contribution in [0, 0.1) is 65.3 Å². The van der Waals surface area contributed by atoms with E-state index in [1.807, 2.05) is 43.3 Å². The molecule has 11 rings (SSSR count). The van der Waals surface area contributed by atoms with E-state index in [1.54, 1.807) is 17.1 Å². The standard InChI is InChI=1S/C30H49IN2O5Si.C20H30INO5Si.C10H19N.CH4/c1-17-21-13-20(30(21,6)7)14-23(17)32-28(36)26-25(18(2)34)24(16-37-39(8,9)29(3,4)5)38-33(26)15-19-11-10-12-22(31)27(19)35;1-12-16-15(11-25-28(5,6)20(2,3)4)27-22(17(16)19(24)26-12)10-13-8-7-9-14(21)18(13)23;1-6-8-4-7(5-9(6)11)10(8,2)3;/h10-12,17-18,20-21,23-26,34-35H,13-16H2,1-9H3,(H,32,36);7-9,12,15-17,23H,10-11H2,1-6H3;6-9H,4-5,11H2,1-3H3;1H4/t17-,18-,20?,21-,23-,24-,25+,26-;12-,15-,16+,17-;6-,7?,8-,9-;/m000./s1. The van der Waals surface area contributed by atoms with Gasteiger partial charge < -0.3 is 40.0 Å². The van der Waals surface area contributed by atoms with Crippen LogP contribution in [0.25, 0.3) is 0 Å². The molecule has 9 aliphatic rings. The molecule has 0 radical (unpaired) electrons. The first kappa shape index (κ1) is 66.7. The van der Waals surface area contributed by atoms with Gasteiger partial charge in [-0.1, -0.05) is 115 Å². The fourth-order valence-corrected chi connectivity index (χ4v) is 16.7. The molecule has 2 aromatic rings. The number of hydroxylamine groups is 4. The number of para-hydroxylation sites is 2. The molecule has 14 nitrogen and oxygen atoms in total. The highest BCUT2D eigenvalue weighted by molar-refractivity contribution is 14.1. The van der Waals surface area contributed by atoms with Gasteiger partial charge in [-0.25, -0.2) is 0 Å². The van der Waals surface area contributed by atoms with Crippen molar-refractivity contribution < 1.29 is 48.2 Å². The number of phenolic OH excluding ortho intramolecular Hbond substituents is 2. The predicted molar refractivity (Wildman–Crippen MR) is 336 cm³/mol. The van der Waals surface area contributed by atoms with Crippen LogP contribution in [0.2, 0.25) is 36.3 Å². The maximum Gasteiger partial charge on any atom is 0.326 e. The van der Waals surface area contributed by atoms with E-state index in [2.05, 4.69) is 160 Å². The molecule has 6 saturated carbocycles. The number of nitrogens with one attached hydrogen (secondary N) is 1. The van der Waals surface area contributed by atoms with Crippen molar-refractivity contribution in [3.05, 3.63) is 54.7 Å². The Hall–Kier alpha value is -1.45. The van der Waals surface area contributed by atoms with E-state index in [0.717, 1.165) is 36.9 Å². The third-order valence-corrected chi connectivity index (χ3v) is 32.1. The number of phenols is 2. The molecule has 448 valence electrons. The van der Waals surface area contributed by atoms with Crippen molar-refractivity contribution in [1.82, 2.24) is 15.4 Å². The van der Waals surface area contributed by atoms with Crippen LogP contribution in [0.4, 0.5) is 0 Å². The second-order valence-electron chi connectivity index (χ2n) is 28.7. The van der Waals surface area contributed by atoms with Crippen LogP contribution in [0.1, 0.15) is 141 Å². The van der Waals surface area contributed by atoms with Crippen LogP contribution < -0.4 is 11.1 Å². The van der Waals surface area contributed by atoms with Crippen LogP contribution in [-0.2, 0) is 45.9 Å². The number of carbonyl (C=O) groups is 2. The van der Waals surface area contributed by atoms with Gasteiger partial charge in [-0.05, 0) is 179 Å². The maximum atomic E-state index is 14.1. The largest absolute Gasteiger partial charge is 0.507 e. The van der Waals surface area contributed by atoms with Crippen molar-refractivity contribution in [1.29, 1.82) is 0 Å². The zero-order valence-electron chi connectivity index (χ0n) is 50.3. The van der Waals surface area contributed by atoms with Crippen molar-refractivity contribution in [2.24, 2.45) is 63.9 Å². The van der Waals surface area contributed by atoms with Crippen LogP contribution in [0.3, 0.4) is 0 Å². The molecule has 6 N–H and O–H groups in total. The maximum absolute atomic E-state index is 14.1. The fourth-order valence-electron chi connectivity index (χ4n) is 13.5. The number of amides is 1. The first-order valence-corrected chi connectivity index (χ1v) is 36.9. The number of benzene rings is 2. The fraction of sp³-hybridized carbons (Fsp3) is 0.770. The molecule has 6 aliphatic carbocycles. The zero-order chi connectivity index (χ0) is 58.2. The molecule has 3 saturated heterocycles. The van der Waals surface area contributed by atoms with E-state index >= 15 is 0 Å². The van der Waals surface area contributed by atoms with Crippen LogP contribution in [0.5, 0.6) is 11.5 Å². The molecule has 3 aliphatic heterocycles. The number of fused-ring (bicyclic) bond motifs is 5. The van der Waals surface area contributed by atoms with Gasteiger partial charge >= 0.3 is 5.97 Å². The second kappa shape index (κ2) is 24.9. The number of carbonyl (C=O) groups excluding carboxylic acids is 2. The zero-order valence-corrected chi connectivity index (χ0v) is 56.6. The Morgan fingerprint density at radius 3 is 1.67 bits per heavy atom. The number of aliphatic hydroxyl groups is 1. The molecule has 1 amide bonds. The van der Waals surface area contributed by atoms with Gasteiger partial charge in [0.2, 0.25) is 5.91 Å². The lowest BCUT2D eigenvalue weighted by Crippen LogP contribution is -2.62. The number of aliphatic hydroxyl groups excluding tert-OH is 1. The highest BCUT2D eigenvalue weighted by Gasteiger charge is 2.60. The summed E-state index contributed by atoms with van der Waals surface area (Å²) in [6.45, 7) is 41.1. The summed E-state index contributed by atoms with van der Waals surface area (Å²) in [7, 11) is -4.01. The molecule has 16 atom stereocenters. The number of nitrogens with zero attached hydrogens (tertiary/aromatic N) is 2. The van der Waals surface area contributed by atoms with Gasteiger partial charge in [0.05, 0.1) is 45.5 Å². The normalized spacial score (nSPS) is 34.1. The van der Waals surface area contributed by atoms with Gasteiger partial charge in [0, 0.05) is 29.1 Å². The van der Waals surface area contributed by atoms with E-state index in [0.29, 0.717) is 59.9 Å². The SMILES string of the molecule is C.C[C@@H]1OC(=O)[C@@H]2[C@H]1[C@H](CO[Si](C)(C)C(C)(C)C)ON2Cc1cccc(I)c1O.C[C@@H]1[C@@H](N)CC2C[C@@H]1C2(C)C.C[C@@H]1[C@@H](NC(=O)[C@@H]2[C@H]([C@H](C)O)[C@H](CO[Si](C)(C)C(C)(C)C)ON2Cc2cccc(I)c2O)CC2C[C@@H]1C2(C)C. The monoisotopic (exact) mass is 1360 g/mol. The van der Waals surface area contributed by atoms with E-state index in [4.69, 9.17) is 29.0 Å². The van der Waals surface area contributed by atoms with Crippen molar-refractivity contribution in [2.45, 2.75) is 228 Å². The minimum absolute atomic E-state index is 0. The number of hydrogen-bond donors (Lipinski definition) is 5. The highest BCUT2D eigenvalue weighted by Crippen LogP contribution is 2.62. The Labute approximate surface area is 504 Å². The van der Waals surface area contributed by atoms with Crippen LogP contribution in [0.15, 0.2) is 36.4 Å². The number of rotatable bonds is 13. The number of aromatic hydroxyl groups is 2. The molecule has 2 unspecified atom stereocenters. The van der Waals surface area contributed by atoms with Crippen molar-refractivity contribution in [3.63, 3.8) is 0 Å². The summed E-state index contributed by atoms with van der Waals surface area (Å²) in [6.07, 6.45) is 3.22. The highest BCUT2D eigenvalue weighted by atomic mass is 127. The summed E-state index contributed by atoms with van der Waals surface area (Å²) in [5, 5.41) is 39.0. The lowest BCUT2D eigenvalue weighted by atomic mass is 9.45. The lowest BCUT2D eigenvalue weighted by Gasteiger charge is -2.62. The third kappa shape index (κ3) is 13.7. The van der Waals surface area contributed by atoms with E-state index in [9.17, 15) is 24.9 Å². The molecule has 9 fully saturated rings. The molecule has 0 spiro atoms. The number of nitrogens with two attached hydrogens (primary N) is 1. The Morgan fingerprint density at radius 1 is 0.772 bits per heavy atom. The quantitative estimate of drug-likeness (QED) is 0.0726. The van der Waals surface area contributed by atoms with E-state index < -0.39 is 46.8 Å². The number of hydrogen-bond acceptors (Lipinski definition) is 13. The van der Waals surface area contributed by atoms with Gasteiger partial charge in [-0.15, -0.1) is 0 Å². The number of halogens is 2. The van der Waals surface area contributed by atoms with Crippen molar-refractivity contribution in [3.8, 4) is 11.5 Å². The number of cyclic esters (lactones) is 1. The molecule has 4 bridgehead atoms. The summed E-state index contributed by atoms with van der Waals surface area (Å²) in [5.74, 6) is 3.72. The number of ether oxygens (including phenoxy) is 1. The van der Waals surface area contributed by atoms with Gasteiger partial charge in [0.25, 0.3) is 0 Å². The Balaban J connectivity index is 0.000000218. The summed E-state index contributed by atoms with van der Waals surface area (Å²) in [4.78, 5) is 39.2. The summed E-state index contributed by atoms with van der Waals surface area (Å²) in [5.41, 5.74) is 8.37. The Kier molecular flexibility index (Phi) is 21.0.